The molecular formula is C24H28N4O4. The van der Waals surface area contributed by atoms with Crippen molar-refractivity contribution >= 4 is 17.5 Å². The molecule has 8 nitrogen and oxygen atoms in total. The molecule has 0 aliphatic heterocycles. The Hall–Kier alpha value is -3.81. The third kappa shape index (κ3) is 5.46. The summed E-state index contributed by atoms with van der Waals surface area (Å²) in [6, 6.07) is 14.6. The first-order valence-corrected chi connectivity index (χ1v) is 10.5. The first-order chi connectivity index (χ1) is 15.4. The van der Waals surface area contributed by atoms with Crippen LogP contribution >= 0.6 is 0 Å². The number of ether oxygens (including phenoxy) is 2. The summed E-state index contributed by atoms with van der Waals surface area (Å²) in [7, 11) is 3.32. The number of amides is 2. The van der Waals surface area contributed by atoms with Gasteiger partial charge >= 0.3 is 0 Å². The largest absolute Gasteiger partial charge is 0.494 e. The average molecular weight is 437 g/mol. The minimum atomic E-state index is -0.323. The van der Waals surface area contributed by atoms with Crippen LogP contribution in [0.5, 0.6) is 11.5 Å². The number of benzene rings is 2. The van der Waals surface area contributed by atoms with Gasteiger partial charge in [0.15, 0.2) is 0 Å². The second-order valence-electron chi connectivity index (χ2n) is 7.27. The van der Waals surface area contributed by atoms with E-state index in [0.29, 0.717) is 42.5 Å². The number of nitrogens with one attached hydrogen (secondary N) is 1. The lowest BCUT2D eigenvalue weighted by Gasteiger charge is -2.14. The van der Waals surface area contributed by atoms with Crippen molar-refractivity contribution in [3.05, 3.63) is 71.5 Å². The first-order valence-electron chi connectivity index (χ1n) is 10.5. The number of aromatic nitrogens is 2. The van der Waals surface area contributed by atoms with Crippen molar-refractivity contribution < 1.29 is 19.1 Å². The van der Waals surface area contributed by atoms with Crippen LogP contribution in [0.2, 0.25) is 0 Å². The molecule has 0 spiro atoms. The smallest absolute Gasteiger partial charge is 0.273 e. The number of carbonyl (C=O) groups excluding carboxylic acids is 2. The topological polar surface area (TPSA) is 85.7 Å². The lowest BCUT2D eigenvalue weighted by atomic mass is 10.1. The number of aryl methyl sites for hydroxylation is 1. The molecule has 168 valence electrons. The van der Waals surface area contributed by atoms with E-state index < -0.39 is 0 Å². The van der Waals surface area contributed by atoms with Gasteiger partial charge in [-0.15, -0.1) is 0 Å². The Morgan fingerprint density at radius 2 is 1.72 bits per heavy atom. The Bertz CT molecular complexity index is 1070. The van der Waals surface area contributed by atoms with Gasteiger partial charge in [0.25, 0.3) is 11.8 Å². The highest BCUT2D eigenvalue weighted by Gasteiger charge is 2.21. The molecule has 1 N–H and O–H groups in total. The van der Waals surface area contributed by atoms with Gasteiger partial charge in [0.2, 0.25) is 0 Å². The Labute approximate surface area is 187 Å². The Morgan fingerprint density at radius 3 is 2.34 bits per heavy atom. The van der Waals surface area contributed by atoms with Gasteiger partial charge in [-0.1, -0.05) is 12.1 Å². The molecule has 3 rings (SSSR count). The van der Waals surface area contributed by atoms with E-state index >= 15 is 0 Å². The van der Waals surface area contributed by atoms with E-state index in [1.807, 2.05) is 44.2 Å². The second-order valence-corrected chi connectivity index (χ2v) is 7.27. The van der Waals surface area contributed by atoms with Crippen molar-refractivity contribution in [1.29, 1.82) is 0 Å². The molecule has 0 saturated heterocycles. The molecule has 0 atom stereocenters. The molecule has 0 bridgehead atoms. The maximum Gasteiger partial charge on any atom is 0.273 e. The third-order valence-electron chi connectivity index (χ3n) is 4.73. The molecule has 1 heterocycles. The van der Waals surface area contributed by atoms with Gasteiger partial charge in [0.05, 0.1) is 18.5 Å². The van der Waals surface area contributed by atoms with Gasteiger partial charge in [0.1, 0.15) is 23.8 Å². The number of anilines is 1. The SMILES string of the molecule is CCOc1ccc(OCc2cccc(C(=O)Nc3cnn(CC)c3C(=O)N(C)C)c2)cc1. The molecule has 2 amide bonds. The first kappa shape index (κ1) is 22.9. The second kappa shape index (κ2) is 10.5. The van der Waals surface area contributed by atoms with E-state index in [1.165, 1.54) is 11.1 Å². The average Bonchev–Trinajstić information content (AvgIpc) is 3.20. The maximum absolute atomic E-state index is 12.9. The van der Waals surface area contributed by atoms with E-state index in [0.717, 1.165) is 11.3 Å². The number of hydrogen-bond donors (Lipinski definition) is 1. The molecule has 0 unspecified atom stereocenters. The summed E-state index contributed by atoms with van der Waals surface area (Å²) in [6.45, 7) is 5.26. The zero-order valence-corrected chi connectivity index (χ0v) is 18.8. The van der Waals surface area contributed by atoms with Crippen LogP contribution in [0, 0.1) is 0 Å². The van der Waals surface area contributed by atoms with E-state index in [2.05, 4.69) is 10.4 Å². The lowest BCUT2D eigenvalue weighted by molar-refractivity contribution is 0.0816. The summed E-state index contributed by atoms with van der Waals surface area (Å²) in [5.74, 6) is 0.952. The fourth-order valence-electron chi connectivity index (χ4n) is 3.12. The summed E-state index contributed by atoms with van der Waals surface area (Å²) in [6.07, 6.45) is 1.50. The number of hydrogen-bond acceptors (Lipinski definition) is 5. The highest BCUT2D eigenvalue weighted by Crippen LogP contribution is 2.20. The van der Waals surface area contributed by atoms with E-state index in [4.69, 9.17) is 9.47 Å². The fourth-order valence-corrected chi connectivity index (χ4v) is 3.12. The summed E-state index contributed by atoms with van der Waals surface area (Å²) >= 11 is 0. The number of nitrogens with zero attached hydrogens (tertiary/aromatic N) is 3. The van der Waals surface area contributed by atoms with Gasteiger partial charge in [0, 0.05) is 26.2 Å². The molecule has 8 heteroatoms. The third-order valence-corrected chi connectivity index (χ3v) is 4.73. The molecule has 32 heavy (non-hydrogen) atoms. The maximum atomic E-state index is 12.9. The van der Waals surface area contributed by atoms with Crippen molar-refractivity contribution in [3.8, 4) is 11.5 Å². The minimum absolute atomic E-state index is 0.225. The molecule has 0 saturated carbocycles. The van der Waals surface area contributed by atoms with Gasteiger partial charge in [-0.2, -0.15) is 5.10 Å². The predicted molar refractivity (Wildman–Crippen MR) is 122 cm³/mol. The number of carbonyl (C=O) groups is 2. The van der Waals surface area contributed by atoms with Crippen molar-refractivity contribution in [1.82, 2.24) is 14.7 Å². The van der Waals surface area contributed by atoms with Crippen molar-refractivity contribution in [2.45, 2.75) is 27.0 Å². The van der Waals surface area contributed by atoms with Gasteiger partial charge in [-0.25, -0.2) is 0 Å². The molecule has 0 fully saturated rings. The van der Waals surface area contributed by atoms with Crippen LogP contribution in [0.1, 0.15) is 40.3 Å². The van der Waals surface area contributed by atoms with Crippen molar-refractivity contribution in [2.75, 3.05) is 26.0 Å². The van der Waals surface area contributed by atoms with Crippen LogP contribution in [-0.4, -0.2) is 47.2 Å². The molecule has 1 aromatic heterocycles. The fraction of sp³-hybridized carbons (Fsp3) is 0.292. The zero-order valence-electron chi connectivity index (χ0n) is 18.8. The molecule has 0 aliphatic rings. The van der Waals surface area contributed by atoms with Crippen LogP contribution in [0.4, 0.5) is 5.69 Å². The standard InChI is InChI=1S/C24H28N4O4/c1-5-28-22(24(30)27(3)4)21(15-25-28)26-23(29)18-9-7-8-17(14-18)16-32-20-12-10-19(11-13-20)31-6-2/h7-15H,5-6,16H2,1-4H3,(H,26,29). The summed E-state index contributed by atoms with van der Waals surface area (Å²) in [5.41, 5.74) is 2.04. The minimum Gasteiger partial charge on any atom is -0.494 e. The molecule has 0 radical (unpaired) electrons. The summed E-state index contributed by atoms with van der Waals surface area (Å²) in [5, 5.41) is 7.02. The van der Waals surface area contributed by atoms with Crippen LogP contribution in [-0.2, 0) is 13.2 Å². The summed E-state index contributed by atoms with van der Waals surface area (Å²) < 4.78 is 12.8. The zero-order chi connectivity index (χ0) is 23.1. The van der Waals surface area contributed by atoms with Crippen molar-refractivity contribution in [3.63, 3.8) is 0 Å². The van der Waals surface area contributed by atoms with Crippen molar-refractivity contribution in [2.24, 2.45) is 0 Å². The number of rotatable bonds is 9. The highest BCUT2D eigenvalue weighted by molar-refractivity contribution is 6.08. The van der Waals surface area contributed by atoms with Gasteiger partial charge in [-0.05, 0) is 55.8 Å². The van der Waals surface area contributed by atoms with Crippen LogP contribution in [0.3, 0.4) is 0 Å². The van der Waals surface area contributed by atoms with E-state index in [-0.39, 0.29) is 11.8 Å². The Morgan fingerprint density at radius 1 is 1.03 bits per heavy atom. The molecular weight excluding hydrogens is 408 g/mol. The Kier molecular flexibility index (Phi) is 7.49. The van der Waals surface area contributed by atoms with Crippen LogP contribution < -0.4 is 14.8 Å². The van der Waals surface area contributed by atoms with E-state index in [9.17, 15) is 9.59 Å². The van der Waals surface area contributed by atoms with E-state index in [1.54, 1.807) is 37.0 Å². The van der Waals surface area contributed by atoms with Gasteiger partial charge in [-0.3, -0.25) is 14.3 Å². The molecule has 0 aliphatic carbocycles. The molecule has 3 aromatic rings. The summed E-state index contributed by atoms with van der Waals surface area (Å²) in [4.78, 5) is 26.9. The van der Waals surface area contributed by atoms with Gasteiger partial charge < -0.3 is 19.7 Å². The quantitative estimate of drug-likeness (QED) is 0.551. The lowest BCUT2D eigenvalue weighted by Crippen LogP contribution is -2.26. The monoisotopic (exact) mass is 436 g/mol. The normalized spacial score (nSPS) is 10.5. The van der Waals surface area contributed by atoms with Crippen LogP contribution in [0.15, 0.2) is 54.7 Å². The Balaban J connectivity index is 1.69. The molecule has 2 aromatic carbocycles. The van der Waals surface area contributed by atoms with Crippen LogP contribution in [0.25, 0.3) is 0 Å². The highest BCUT2D eigenvalue weighted by atomic mass is 16.5. The predicted octanol–water partition coefficient (Wildman–Crippen LogP) is 3.83.